The summed E-state index contributed by atoms with van der Waals surface area (Å²) in [4.78, 5) is 16.9. The molecule has 6 heteroatoms. The Bertz CT molecular complexity index is 468. The van der Waals surface area contributed by atoms with Crippen LogP contribution >= 0.6 is 11.3 Å². The summed E-state index contributed by atoms with van der Waals surface area (Å²) in [7, 11) is 0. The van der Waals surface area contributed by atoms with Gasteiger partial charge >= 0.3 is 5.97 Å². The van der Waals surface area contributed by atoms with Gasteiger partial charge in [-0.05, 0) is 25.7 Å². The summed E-state index contributed by atoms with van der Waals surface area (Å²) in [5.41, 5.74) is 0.786. The van der Waals surface area contributed by atoms with E-state index in [1.165, 1.54) is 0 Å². The molecule has 19 heavy (non-hydrogen) atoms. The van der Waals surface area contributed by atoms with Crippen molar-refractivity contribution in [3.8, 4) is 0 Å². The predicted molar refractivity (Wildman–Crippen MR) is 72.8 cm³/mol. The molecule has 3 rings (SSSR count). The van der Waals surface area contributed by atoms with Gasteiger partial charge in [0.05, 0.1) is 12.3 Å². The number of aliphatic carboxylic acids is 1. The van der Waals surface area contributed by atoms with E-state index in [4.69, 9.17) is 4.74 Å². The largest absolute Gasteiger partial charge is 0.481 e. The van der Waals surface area contributed by atoms with Crippen LogP contribution in [0.25, 0.3) is 0 Å². The Morgan fingerprint density at radius 2 is 2.42 bits per heavy atom. The minimum absolute atomic E-state index is 0.412. The molecule has 2 unspecified atom stereocenters. The van der Waals surface area contributed by atoms with E-state index >= 15 is 0 Å². The third-order valence-corrected chi connectivity index (χ3v) is 4.91. The fourth-order valence-corrected chi connectivity index (χ4v) is 3.78. The first-order valence-corrected chi connectivity index (χ1v) is 7.59. The number of fused-ring (bicyclic) bond motifs is 1. The molecule has 1 fully saturated rings. The highest BCUT2D eigenvalue weighted by atomic mass is 32.1. The number of anilines is 1. The number of thiazole rings is 1. The molecule has 1 aromatic heterocycles. The van der Waals surface area contributed by atoms with E-state index in [0.29, 0.717) is 12.3 Å². The van der Waals surface area contributed by atoms with E-state index in [0.717, 1.165) is 54.7 Å². The fourth-order valence-electron chi connectivity index (χ4n) is 2.71. The summed E-state index contributed by atoms with van der Waals surface area (Å²) in [6, 6.07) is 0. The monoisotopic (exact) mass is 282 g/mol. The molecule has 0 radical (unpaired) electrons. The lowest BCUT2D eigenvalue weighted by Gasteiger charge is -2.16. The first-order valence-electron chi connectivity index (χ1n) is 6.78. The van der Waals surface area contributed by atoms with Crippen LogP contribution in [0.3, 0.4) is 0 Å². The van der Waals surface area contributed by atoms with Crippen molar-refractivity contribution in [3.63, 3.8) is 0 Å². The highest BCUT2D eigenvalue weighted by Crippen LogP contribution is 2.36. The lowest BCUT2D eigenvalue weighted by molar-refractivity contribution is -0.139. The first kappa shape index (κ1) is 12.9. The number of carbonyl (C=O) groups is 1. The Hall–Kier alpha value is -1.14. The Labute approximate surface area is 116 Å². The molecule has 0 saturated carbocycles. The summed E-state index contributed by atoms with van der Waals surface area (Å²) in [5.74, 6) is -0.608. The minimum Gasteiger partial charge on any atom is -0.481 e. The van der Waals surface area contributed by atoms with Crippen LogP contribution in [0.15, 0.2) is 0 Å². The third kappa shape index (κ3) is 2.74. The van der Waals surface area contributed by atoms with E-state index in [-0.39, 0.29) is 0 Å². The summed E-state index contributed by atoms with van der Waals surface area (Å²) in [6.07, 6.45) is 3.71. The minimum atomic E-state index is -0.748. The van der Waals surface area contributed by atoms with Gasteiger partial charge in [-0.15, -0.1) is 11.3 Å². The third-order valence-electron chi connectivity index (χ3n) is 3.82. The summed E-state index contributed by atoms with van der Waals surface area (Å²) >= 11 is 1.61. The highest BCUT2D eigenvalue weighted by Gasteiger charge is 2.30. The molecule has 2 atom stereocenters. The molecular weight excluding hydrogens is 264 g/mol. The SMILES string of the molecule is O=C(O)C1CCCc2sc(NCC3CCOC3)nc21. The number of hydrogen-bond donors (Lipinski definition) is 2. The zero-order valence-corrected chi connectivity index (χ0v) is 11.5. The molecule has 104 valence electrons. The van der Waals surface area contributed by atoms with E-state index in [1.807, 2.05) is 0 Å². The van der Waals surface area contributed by atoms with Gasteiger partial charge in [0.15, 0.2) is 5.13 Å². The average molecular weight is 282 g/mol. The molecule has 0 bridgehead atoms. The van der Waals surface area contributed by atoms with Crippen LogP contribution in [0.1, 0.15) is 35.8 Å². The molecule has 1 aliphatic heterocycles. The number of ether oxygens (including phenoxy) is 1. The number of nitrogens with zero attached hydrogens (tertiary/aromatic N) is 1. The number of carboxylic acid groups (broad SMARTS) is 1. The summed E-state index contributed by atoms with van der Waals surface area (Å²) < 4.78 is 5.34. The molecule has 1 aliphatic carbocycles. The Balaban J connectivity index is 1.68. The smallest absolute Gasteiger partial charge is 0.312 e. The summed E-state index contributed by atoms with van der Waals surface area (Å²) in [6.45, 7) is 2.53. The van der Waals surface area contributed by atoms with Crippen molar-refractivity contribution in [3.05, 3.63) is 10.6 Å². The standard InChI is InChI=1S/C13H18N2O3S/c16-12(17)9-2-1-3-10-11(9)15-13(19-10)14-6-8-4-5-18-7-8/h8-9H,1-7H2,(H,14,15)(H,16,17). The number of carboxylic acids is 1. The highest BCUT2D eigenvalue weighted by molar-refractivity contribution is 7.15. The maximum atomic E-state index is 11.2. The van der Waals surface area contributed by atoms with Gasteiger partial charge < -0.3 is 15.2 Å². The van der Waals surface area contributed by atoms with Crippen molar-refractivity contribution in [2.24, 2.45) is 5.92 Å². The maximum absolute atomic E-state index is 11.2. The Morgan fingerprint density at radius 1 is 1.53 bits per heavy atom. The van der Waals surface area contributed by atoms with Gasteiger partial charge in [-0.2, -0.15) is 0 Å². The second kappa shape index (κ2) is 5.46. The lowest BCUT2D eigenvalue weighted by Crippen LogP contribution is -2.17. The molecular formula is C13H18N2O3S. The van der Waals surface area contributed by atoms with Gasteiger partial charge in [0.25, 0.3) is 0 Å². The Kier molecular flexibility index (Phi) is 3.70. The van der Waals surface area contributed by atoms with Crippen LogP contribution in [0.4, 0.5) is 5.13 Å². The summed E-state index contributed by atoms with van der Waals surface area (Å²) in [5, 5.41) is 13.4. The normalized spacial score (nSPS) is 26.1. The molecule has 2 heterocycles. The van der Waals surface area contributed by atoms with Gasteiger partial charge in [0.2, 0.25) is 0 Å². The van der Waals surface area contributed by atoms with Crippen LogP contribution in [0, 0.1) is 5.92 Å². The van der Waals surface area contributed by atoms with Gasteiger partial charge in [-0.25, -0.2) is 4.98 Å². The van der Waals surface area contributed by atoms with Crippen LogP contribution in [-0.4, -0.2) is 35.8 Å². The zero-order valence-electron chi connectivity index (χ0n) is 10.7. The Morgan fingerprint density at radius 3 is 3.16 bits per heavy atom. The number of nitrogens with one attached hydrogen (secondary N) is 1. The van der Waals surface area contributed by atoms with Crippen LogP contribution in [-0.2, 0) is 16.0 Å². The van der Waals surface area contributed by atoms with Crippen LogP contribution < -0.4 is 5.32 Å². The predicted octanol–water partition coefficient (Wildman–Crippen LogP) is 2.10. The second-order valence-corrected chi connectivity index (χ2v) is 6.30. The van der Waals surface area contributed by atoms with E-state index in [1.54, 1.807) is 11.3 Å². The first-order chi connectivity index (χ1) is 9.24. The lowest BCUT2D eigenvalue weighted by atomic mass is 9.91. The molecule has 0 spiro atoms. The molecule has 5 nitrogen and oxygen atoms in total. The van der Waals surface area contributed by atoms with Crippen molar-refractivity contribution >= 4 is 22.4 Å². The van der Waals surface area contributed by atoms with E-state index in [2.05, 4.69) is 10.3 Å². The van der Waals surface area contributed by atoms with Crippen LogP contribution in [0.2, 0.25) is 0 Å². The number of rotatable bonds is 4. The van der Waals surface area contributed by atoms with Gasteiger partial charge in [0, 0.05) is 23.9 Å². The topological polar surface area (TPSA) is 71.5 Å². The molecule has 1 aromatic rings. The second-order valence-electron chi connectivity index (χ2n) is 5.22. The van der Waals surface area contributed by atoms with Crippen molar-refractivity contribution < 1.29 is 14.6 Å². The van der Waals surface area contributed by atoms with Gasteiger partial charge in [-0.1, -0.05) is 0 Å². The number of aromatic nitrogens is 1. The zero-order chi connectivity index (χ0) is 13.2. The quantitative estimate of drug-likeness (QED) is 0.885. The maximum Gasteiger partial charge on any atom is 0.312 e. The van der Waals surface area contributed by atoms with Gasteiger partial charge in [-0.3, -0.25) is 4.79 Å². The number of aryl methyl sites for hydroxylation is 1. The van der Waals surface area contributed by atoms with Gasteiger partial charge in [0.1, 0.15) is 5.92 Å². The molecule has 2 N–H and O–H groups in total. The number of hydrogen-bond acceptors (Lipinski definition) is 5. The van der Waals surface area contributed by atoms with Crippen molar-refractivity contribution in [2.45, 2.75) is 31.6 Å². The molecule has 2 aliphatic rings. The molecule has 1 saturated heterocycles. The molecule has 0 aromatic carbocycles. The van der Waals surface area contributed by atoms with E-state index < -0.39 is 11.9 Å². The molecule has 0 amide bonds. The van der Waals surface area contributed by atoms with Crippen LogP contribution in [0.5, 0.6) is 0 Å². The van der Waals surface area contributed by atoms with Crippen molar-refractivity contribution in [1.29, 1.82) is 0 Å². The van der Waals surface area contributed by atoms with Crippen molar-refractivity contribution in [1.82, 2.24) is 4.98 Å². The van der Waals surface area contributed by atoms with Crippen molar-refractivity contribution in [2.75, 3.05) is 25.1 Å². The fraction of sp³-hybridized carbons (Fsp3) is 0.692. The van der Waals surface area contributed by atoms with E-state index in [9.17, 15) is 9.90 Å². The average Bonchev–Trinajstić information content (AvgIpc) is 3.04.